The van der Waals surface area contributed by atoms with Gasteiger partial charge in [0.1, 0.15) is 0 Å². The van der Waals surface area contributed by atoms with Crippen LogP contribution in [0.1, 0.15) is 24.8 Å². The highest BCUT2D eigenvalue weighted by atomic mass is 16.1. The molecule has 0 spiro atoms. The van der Waals surface area contributed by atoms with E-state index in [1.165, 1.54) is 17.3 Å². The van der Waals surface area contributed by atoms with E-state index in [9.17, 15) is 9.59 Å². The molecule has 3 rings (SSSR count). The Morgan fingerprint density at radius 3 is 3.00 bits per heavy atom. The zero-order chi connectivity index (χ0) is 17.1. The number of carbonyl (C=O) groups is 1. The fraction of sp³-hybridized carbons (Fsp3) is 0.500. The van der Waals surface area contributed by atoms with E-state index >= 15 is 0 Å². The van der Waals surface area contributed by atoms with Gasteiger partial charge in [0.15, 0.2) is 0 Å². The van der Waals surface area contributed by atoms with Crippen molar-refractivity contribution in [3.8, 4) is 0 Å². The average Bonchev–Trinajstić information content (AvgIpc) is 2.98. The molecule has 2 aromatic rings. The Morgan fingerprint density at radius 2 is 2.25 bits per heavy atom. The standard InChI is InChI=1S/C18H24N4O2/c1-13-5-3-7-15-17(13)20-12-22(18(15)24)10-8-16(23)19-11-14-6-4-9-21(14)2/h3,5,7,12,14H,4,6,8-11H2,1-2H3,(H,19,23)/t14-/m1/s1. The number of benzene rings is 1. The number of fused-ring (bicyclic) bond motifs is 1. The van der Waals surface area contributed by atoms with Crippen LogP contribution in [0.3, 0.4) is 0 Å². The molecule has 6 nitrogen and oxygen atoms in total. The molecule has 0 aliphatic carbocycles. The lowest BCUT2D eigenvalue weighted by Crippen LogP contribution is -2.38. The normalized spacial score (nSPS) is 18.2. The van der Waals surface area contributed by atoms with Gasteiger partial charge in [-0.1, -0.05) is 12.1 Å². The van der Waals surface area contributed by atoms with E-state index in [1.54, 1.807) is 6.07 Å². The van der Waals surface area contributed by atoms with Crippen molar-refractivity contribution >= 4 is 16.8 Å². The zero-order valence-electron chi connectivity index (χ0n) is 14.3. The molecule has 24 heavy (non-hydrogen) atoms. The highest BCUT2D eigenvalue weighted by Gasteiger charge is 2.20. The molecular formula is C18H24N4O2. The summed E-state index contributed by atoms with van der Waals surface area (Å²) in [5, 5.41) is 3.58. The summed E-state index contributed by atoms with van der Waals surface area (Å²) in [5.74, 6) is -0.0217. The SMILES string of the molecule is Cc1cccc2c(=O)n(CCC(=O)NC[C@H]3CCCN3C)cnc12. The van der Waals surface area contributed by atoms with Gasteiger partial charge >= 0.3 is 0 Å². The van der Waals surface area contributed by atoms with Crippen LogP contribution in [0.15, 0.2) is 29.3 Å². The maximum atomic E-state index is 12.5. The first-order valence-corrected chi connectivity index (χ1v) is 8.48. The number of amides is 1. The van der Waals surface area contributed by atoms with Crippen LogP contribution in [0.25, 0.3) is 10.9 Å². The van der Waals surface area contributed by atoms with Gasteiger partial charge in [-0.15, -0.1) is 0 Å². The Morgan fingerprint density at radius 1 is 1.42 bits per heavy atom. The van der Waals surface area contributed by atoms with Crippen LogP contribution in [0, 0.1) is 6.92 Å². The Balaban J connectivity index is 1.60. The van der Waals surface area contributed by atoms with Crippen LogP contribution in [0.5, 0.6) is 0 Å². The largest absolute Gasteiger partial charge is 0.354 e. The highest BCUT2D eigenvalue weighted by Crippen LogP contribution is 2.13. The first-order chi connectivity index (χ1) is 11.6. The molecule has 1 amide bonds. The van der Waals surface area contributed by atoms with Crippen molar-refractivity contribution in [3.05, 3.63) is 40.4 Å². The average molecular weight is 328 g/mol. The molecule has 0 radical (unpaired) electrons. The van der Waals surface area contributed by atoms with E-state index in [0.717, 1.165) is 24.0 Å². The first-order valence-electron chi connectivity index (χ1n) is 8.48. The van der Waals surface area contributed by atoms with E-state index in [0.29, 0.717) is 24.5 Å². The minimum Gasteiger partial charge on any atom is -0.354 e. The Labute approximate surface area is 141 Å². The second kappa shape index (κ2) is 7.13. The summed E-state index contributed by atoms with van der Waals surface area (Å²) in [7, 11) is 2.09. The maximum Gasteiger partial charge on any atom is 0.261 e. The van der Waals surface area contributed by atoms with Gasteiger partial charge in [0.25, 0.3) is 5.56 Å². The van der Waals surface area contributed by atoms with Crippen LogP contribution in [-0.2, 0) is 11.3 Å². The van der Waals surface area contributed by atoms with Gasteiger partial charge in [-0.2, -0.15) is 0 Å². The molecule has 0 saturated carbocycles. The summed E-state index contributed by atoms with van der Waals surface area (Å²) < 4.78 is 1.52. The summed E-state index contributed by atoms with van der Waals surface area (Å²) in [6, 6.07) is 6.01. The number of aryl methyl sites for hydroxylation is 2. The Bertz CT molecular complexity index is 799. The zero-order valence-corrected chi connectivity index (χ0v) is 14.3. The number of para-hydroxylation sites is 1. The molecule has 1 N–H and O–H groups in total. The van der Waals surface area contributed by atoms with Gasteiger partial charge in [-0.25, -0.2) is 4.98 Å². The van der Waals surface area contributed by atoms with Crippen molar-refractivity contribution in [2.75, 3.05) is 20.1 Å². The van der Waals surface area contributed by atoms with E-state index in [-0.39, 0.29) is 17.9 Å². The smallest absolute Gasteiger partial charge is 0.261 e. The fourth-order valence-corrected chi connectivity index (χ4v) is 3.28. The fourth-order valence-electron chi connectivity index (χ4n) is 3.28. The van der Waals surface area contributed by atoms with Gasteiger partial charge in [0, 0.05) is 25.6 Å². The first kappa shape index (κ1) is 16.6. The lowest BCUT2D eigenvalue weighted by atomic mass is 10.1. The maximum absolute atomic E-state index is 12.5. The number of nitrogens with zero attached hydrogens (tertiary/aromatic N) is 3. The number of hydrogen-bond donors (Lipinski definition) is 1. The van der Waals surface area contributed by atoms with Gasteiger partial charge < -0.3 is 10.2 Å². The third-order valence-corrected chi connectivity index (χ3v) is 4.84. The summed E-state index contributed by atoms with van der Waals surface area (Å²) in [6.07, 6.45) is 4.14. The molecule has 2 heterocycles. The number of nitrogens with one attached hydrogen (secondary N) is 1. The van der Waals surface area contributed by atoms with Gasteiger partial charge in [0.2, 0.25) is 5.91 Å². The lowest BCUT2D eigenvalue weighted by Gasteiger charge is -2.19. The molecule has 0 bridgehead atoms. The van der Waals surface area contributed by atoms with Crippen LogP contribution in [0.2, 0.25) is 0 Å². The van der Waals surface area contributed by atoms with Crippen molar-refractivity contribution in [2.45, 2.75) is 38.8 Å². The molecule has 1 fully saturated rings. The molecule has 1 aliphatic rings. The van der Waals surface area contributed by atoms with Crippen LogP contribution >= 0.6 is 0 Å². The second-order valence-corrected chi connectivity index (χ2v) is 6.54. The predicted molar refractivity (Wildman–Crippen MR) is 94.0 cm³/mol. The van der Waals surface area contributed by atoms with Crippen LogP contribution in [0.4, 0.5) is 0 Å². The summed E-state index contributed by atoms with van der Waals surface area (Å²) in [6.45, 7) is 4.06. The van der Waals surface area contributed by atoms with Crippen LogP contribution < -0.4 is 10.9 Å². The minimum atomic E-state index is -0.0907. The van der Waals surface area contributed by atoms with Crippen molar-refractivity contribution in [3.63, 3.8) is 0 Å². The topological polar surface area (TPSA) is 67.2 Å². The van der Waals surface area contributed by atoms with E-state index in [2.05, 4.69) is 22.2 Å². The van der Waals surface area contributed by atoms with Crippen molar-refractivity contribution in [1.82, 2.24) is 19.8 Å². The predicted octanol–water partition coefficient (Wildman–Crippen LogP) is 1.31. The summed E-state index contributed by atoms with van der Waals surface area (Å²) in [4.78, 5) is 31.2. The Kier molecular flexibility index (Phi) is 4.94. The van der Waals surface area contributed by atoms with E-state index < -0.39 is 0 Å². The van der Waals surface area contributed by atoms with Gasteiger partial charge in [0.05, 0.1) is 17.2 Å². The number of likely N-dealkylation sites (N-methyl/N-ethyl adjacent to an activating group) is 1. The number of carbonyl (C=O) groups excluding carboxylic acids is 1. The van der Waals surface area contributed by atoms with Gasteiger partial charge in [-0.05, 0) is 45.0 Å². The summed E-state index contributed by atoms with van der Waals surface area (Å²) >= 11 is 0. The number of hydrogen-bond acceptors (Lipinski definition) is 4. The lowest BCUT2D eigenvalue weighted by molar-refractivity contribution is -0.121. The molecule has 1 aromatic heterocycles. The molecule has 128 valence electrons. The van der Waals surface area contributed by atoms with Crippen molar-refractivity contribution < 1.29 is 4.79 Å². The molecule has 1 aliphatic heterocycles. The second-order valence-electron chi connectivity index (χ2n) is 6.54. The minimum absolute atomic E-state index is 0.0217. The molecular weight excluding hydrogens is 304 g/mol. The number of likely N-dealkylation sites (tertiary alicyclic amines) is 1. The van der Waals surface area contributed by atoms with Gasteiger partial charge in [-0.3, -0.25) is 14.2 Å². The van der Waals surface area contributed by atoms with Crippen molar-refractivity contribution in [1.29, 1.82) is 0 Å². The molecule has 0 unspecified atom stereocenters. The van der Waals surface area contributed by atoms with Crippen LogP contribution in [-0.4, -0.2) is 46.5 Å². The van der Waals surface area contributed by atoms with Crippen molar-refractivity contribution in [2.24, 2.45) is 0 Å². The number of rotatable bonds is 5. The third kappa shape index (κ3) is 3.48. The molecule has 1 atom stereocenters. The Hall–Kier alpha value is -2.21. The molecule has 6 heteroatoms. The monoisotopic (exact) mass is 328 g/mol. The molecule has 1 aromatic carbocycles. The quantitative estimate of drug-likeness (QED) is 0.898. The number of aromatic nitrogens is 2. The van der Waals surface area contributed by atoms with E-state index in [1.807, 2.05) is 19.1 Å². The molecule has 1 saturated heterocycles. The summed E-state index contributed by atoms with van der Waals surface area (Å²) in [5.41, 5.74) is 1.62. The highest BCUT2D eigenvalue weighted by molar-refractivity contribution is 5.80. The van der Waals surface area contributed by atoms with E-state index in [4.69, 9.17) is 0 Å². The third-order valence-electron chi connectivity index (χ3n) is 4.84.